The number of ether oxygens (including phenoxy) is 2. The predicted molar refractivity (Wildman–Crippen MR) is 144 cm³/mol. The summed E-state index contributed by atoms with van der Waals surface area (Å²) in [4.78, 5) is 16.9. The van der Waals surface area contributed by atoms with E-state index in [1.165, 1.54) is 29.1 Å². The number of amidine groups is 2. The molecule has 182 valence electrons. The molecule has 36 heavy (non-hydrogen) atoms. The molecule has 0 aliphatic carbocycles. The van der Waals surface area contributed by atoms with Crippen molar-refractivity contribution in [2.75, 3.05) is 6.61 Å². The van der Waals surface area contributed by atoms with Gasteiger partial charge in [-0.05, 0) is 83.2 Å². The van der Waals surface area contributed by atoms with Gasteiger partial charge in [0.15, 0.2) is 28.1 Å². The van der Waals surface area contributed by atoms with Crippen molar-refractivity contribution in [2.24, 2.45) is 10.1 Å². The lowest BCUT2D eigenvalue weighted by Crippen LogP contribution is -2.35. The number of carbonyl (C=O) groups excluding carboxylic acids is 1. The lowest BCUT2D eigenvalue weighted by molar-refractivity contribution is -0.114. The number of halogens is 2. The van der Waals surface area contributed by atoms with Crippen molar-refractivity contribution >= 4 is 62.4 Å². The van der Waals surface area contributed by atoms with Crippen molar-refractivity contribution < 1.29 is 23.1 Å². The van der Waals surface area contributed by atoms with E-state index in [2.05, 4.69) is 32.7 Å². The minimum absolute atomic E-state index is 0.0342. The molecule has 5 rings (SSSR count). The predicted octanol–water partition coefficient (Wildman–Crippen LogP) is 5.67. The fraction of sp³-hybridized carbons (Fsp3) is 0.120. The summed E-state index contributed by atoms with van der Waals surface area (Å²) in [5, 5.41) is 15.1. The van der Waals surface area contributed by atoms with Crippen LogP contribution in [0.25, 0.3) is 6.08 Å². The number of rotatable bonds is 7. The molecule has 8 nitrogen and oxygen atoms in total. The van der Waals surface area contributed by atoms with Crippen molar-refractivity contribution in [3.63, 3.8) is 0 Å². The monoisotopic (exact) mass is 616 g/mol. The molecule has 0 radical (unpaired) electrons. The largest absolute Gasteiger partial charge is 0.490 e. The first-order valence-corrected chi connectivity index (χ1v) is 12.7. The number of nitrogens with zero attached hydrogens (tertiary/aromatic N) is 3. The van der Waals surface area contributed by atoms with Crippen LogP contribution in [0.5, 0.6) is 11.5 Å². The van der Waals surface area contributed by atoms with Crippen LogP contribution < -0.4 is 9.47 Å². The van der Waals surface area contributed by atoms with Crippen molar-refractivity contribution in [2.45, 2.75) is 13.5 Å². The van der Waals surface area contributed by atoms with Gasteiger partial charge < -0.3 is 13.9 Å². The molecule has 2 aliphatic rings. The molecule has 3 aromatic rings. The van der Waals surface area contributed by atoms with Gasteiger partial charge in [0.25, 0.3) is 5.91 Å². The molecule has 1 aromatic heterocycles. The van der Waals surface area contributed by atoms with Crippen molar-refractivity contribution in [3.05, 3.63) is 86.6 Å². The summed E-state index contributed by atoms with van der Waals surface area (Å²) in [6, 6.07) is 13.4. The maximum absolute atomic E-state index is 14.0. The second-order valence-electron chi connectivity index (χ2n) is 7.55. The van der Waals surface area contributed by atoms with Crippen molar-refractivity contribution in [3.8, 4) is 11.5 Å². The molecule has 0 fully saturated rings. The zero-order chi connectivity index (χ0) is 25.2. The van der Waals surface area contributed by atoms with Gasteiger partial charge in [0.05, 0.1) is 22.0 Å². The summed E-state index contributed by atoms with van der Waals surface area (Å²) in [5.74, 6) is 0.469. The van der Waals surface area contributed by atoms with E-state index in [9.17, 15) is 9.18 Å². The van der Waals surface area contributed by atoms with E-state index in [1.807, 2.05) is 6.92 Å². The summed E-state index contributed by atoms with van der Waals surface area (Å²) in [7, 11) is 0. The highest BCUT2D eigenvalue weighted by atomic mass is 127. The molecule has 0 saturated carbocycles. The number of nitrogens with one attached hydrogen (secondary N) is 1. The Balaban J connectivity index is 1.44. The molecule has 1 N–H and O–H groups in total. The topological polar surface area (TPSA) is 100 Å². The Morgan fingerprint density at radius 1 is 1.22 bits per heavy atom. The Hall–Kier alpha value is -3.45. The number of fused-ring (bicyclic) bond motifs is 1. The first kappa shape index (κ1) is 24.3. The lowest BCUT2D eigenvalue weighted by Gasteiger charge is -2.20. The summed E-state index contributed by atoms with van der Waals surface area (Å²) >= 11 is 3.27. The molecule has 0 saturated heterocycles. The minimum atomic E-state index is -0.539. The Morgan fingerprint density at radius 2 is 2.06 bits per heavy atom. The number of hydrogen-bond donors (Lipinski definition) is 1. The third-order valence-corrected chi connectivity index (χ3v) is 6.88. The van der Waals surface area contributed by atoms with E-state index in [0.29, 0.717) is 48.8 Å². The fourth-order valence-corrected chi connectivity index (χ4v) is 5.14. The number of furan rings is 1. The molecule has 2 aliphatic heterocycles. The van der Waals surface area contributed by atoms with Crippen LogP contribution in [0.15, 0.2) is 74.9 Å². The van der Waals surface area contributed by atoms with Crippen molar-refractivity contribution in [1.29, 1.82) is 5.41 Å². The van der Waals surface area contributed by atoms with Gasteiger partial charge in [-0.1, -0.05) is 18.2 Å². The van der Waals surface area contributed by atoms with Crippen LogP contribution in [-0.2, 0) is 11.4 Å². The summed E-state index contributed by atoms with van der Waals surface area (Å²) in [6.07, 6.45) is 3.10. The molecule has 1 amide bonds. The van der Waals surface area contributed by atoms with E-state index in [-0.39, 0.29) is 23.8 Å². The molecular weight excluding hydrogens is 598 g/mol. The Labute approximate surface area is 223 Å². The average Bonchev–Trinajstić information content (AvgIpc) is 3.53. The van der Waals surface area contributed by atoms with Gasteiger partial charge in [-0.15, -0.1) is 0 Å². The van der Waals surface area contributed by atoms with E-state index >= 15 is 0 Å². The van der Waals surface area contributed by atoms with Crippen LogP contribution in [0.4, 0.5) is 4.39 Å². The lowest BCUT2D eigenvalue weighted by atomic mass is 10.1. The van der Waals surface area contributed by atoms with Crippen LogP contribution in [0.3, 0.4) is 0 Å². The van der Waals surface area contributed by atoms with Crippen molar-refractivity contribution in [1.82, 2.24) is 5.01 Å². The van der Waals surface area contributed by atoms with Gasteiger partial charge in [0.2, 0.25) is 5.17 Å². The number of hydrogen-bond acceptors (Lipinski definition) is 7. The van der Waals surface area contributed by atoms with Crippen LogP contribution >= 0.6 is 34.4 Å². The van der Waals surface area contributed by atoms with Crippen LogP contribution in [-0.4, -0.2) is 33.6 Å². The maximum atomic E-state index is 14.0. The van der Waals surface area contributed by atoms with Gasteiger partial charge >= 0.3 is 0 Å². The number of hydrazone groups is 1. The molecule has 3 heterocycles. The molecule has 0 bridgehead atoms. The van der Waals surface area contributed by atoms with E-state index < -0.39 is 5.91 Å². The SMILES string of the molecule is CCOc1cc(/C=C2\C(=N)N3N=C(c4ccco4)SC3=NC2=O)cc(I)c1OCc1ccccc1F. The standard InChI is InChI=1S/C25H18FIN4O4S/c1-2-33-20-12-14(11-18(27)21(20)35-13-15-6-3-4-7-17(15)26)10-16-22(28)31-25(29-23(16)32)36-24(30-31)19-8-5-9-34-19/h3-12,28H,2,13H2,1H3/b16-10+,28-22?. The second kappa shape index (κ2) is 10.3. The van der Waals surface area contributed by atoms with Gasteiger partial charge in [-0.25, -0.2) is 4.39 Å². The number of thioether (sulfide) groups is 1. The highest BCUT2D eigenvalue weighted by Gasteiger charge is 2.36. The van der Waals surface area contributed by atoms with Crippen LogP contribution in [0, 0.1) is 14.8 Å². The molecule has 11 heteroatoms. The van der Waals surface area contributed by atoms with Gasteiger partial charge in [0.1, 0.15) is 12.4 Å². The average molecular weight is 616 g/mol. The quantitative estimate of drug-likeness (QED) is 0.272. The molecular formula is C25H18FIN4O4S. The summed E-state index contributed by atoms with van der Waals surface area (Å²) in [6.45, 7) is 2.26. The Morgan fingerprint density at radius 3 is 2.81 bits per heavy atom. The van der Waals surface area contributed by atoms with E-state index in [4.69, 9.17) is 19.3 Å². The number of carbonyl (C=O) groups is 1. The maximum Gasteiger partial charge on any atom is 0.283 e. The number of aliphatic imine (C=N–C) groups is 1. The van der Waals surface area contributed by atoms with Gasteiger partial charge in [0, 0.05) is 5.56 Å². The normalized spacial score (nSPS) is 16.2. The highest BCUT2D eigenvalue weighted by molar-refractivity contribution is 14.1. The van der Waals surface area contributed by atoms with E-state index in [0.717, 1.165) is 0 Å². The van der Waals surface area contributed by atoms with Gasteiger partial charge in [-0.3, -0.25) is 10.2 Å². The first-order chi connectivity index (χ1) is 17.4. The highest BCUT2D eigenvalue weighted by Crippen LogP contribution is 2.37. The number of benzene rings is 2. The smallest absolute Gasteiger partial charge is 0.283 e. The van der Waals surface area contributed by atoms with E-state index in [1.54, 1.807) is 48.5 Å². The third kappa shape index (κ3) is 4.80. The van der Waals surface area contributed by atoms with Crippen LogP contribution in [0.2, 0.25) is 0 Å². The molecule has 0 unspecified atom stereocenters. The molecule has 0 spiro atoms. The Bertz CT molecular complexity index is 1450. The zero-order valence-electron chi connectivity index (χ0n) is 18.8. The van der Waals surface area contributed by atoms with Crippen LogP contribution in [0.1, 0.15) is 23.8 Å². The summed E-state index contributed by atoms with van der Waals surface area (Å²) in [5.41, 5.74) is 1.13. The zero-order valence-corrected chi connectivity index (χ0v) is 21.8. The number of amides is 1. The second-order valence-corrected chi connectivity index (χ2v) is 9.66. The molecule has 2 aromatic carbocycles. The van der Waals surface area contributed by atoms with Gasteiger partial charge in [-0.2, -0.15) is 15.1 Å². The first-order valence-electron chi connectivity index (χ1n) is 10.8. The minimum Gasteiger partial charge on any atom is -0.490 e. The Kier molecular flexibility index (Phi) is 6.92. The fourth-order valence-electron chi connectivity index (χ4n) is 3.50. The third-order valence-electron chi connectivity index (χ3n) is 5.16. The molecule has 0 atom stereocenters. The summed E-state index contributed by atoms with van der Waals surface area (Å²) < 4.78 is 31.8.